The van der Waals surface area contributed by atoms with E-state index in [4.69, 9.17) is 4.98 Å². The lowest BCUT2D eigenvalue weighted by atomic mass is 9.33. The third-order valence-electron chi connectivity index (χ3n) is 17.7. The van der Waals surface area contributed by atoms with Crippen LogP contribution in [0.4, 0.5) is 17.1 Å². The van der Waals surface area contributed by atoms with Crippen LogP contribution in [0.15, 0.2) is 194 Å². The van der Waals surface area contributed by atoms with E-state index in [1.807, 2.05) is 0 Å². The predicted molar refractivity (Wildman–Crippen MR) is 342 cm³/mol. The van der Waals surface area contributed by atoms with E-state index in [9.17, 15) is 0 Å². The van der Waals surface area contributed by atoms with Gasteiger partial charge < -0.3 is 9.47 Å². The van der Waals surface area contributed by atoms with Crippen LogP contribution in [-0.2, 0) is 21.7 Å². The van der Waals surface area contributed by atoms with Crippen LogP contribution in [-0.4, -0.2) is 16.3 Å². The van der Waals surface area contributed by atoms with E-state index in [1.165, 1.54) is 115 Å². The van der Waals surface area contributed by atoms with Crippen LogP contribution < -0.4 is 21.3 Å². The molecule has 0 N–H and O–H groups in total. The van der Waals surface area contributed by atoms with Crippen LogP contribution in [0, 0.1) is 0 Å². The van der Waals surface area contributed by atoms with E-state index in [0.29, 0.717) is 0 Å². The molecule has 0 unspecified atom stereocenters. The van der Waals surface area contributed by atoms with Crippen molar-refractivity contribution in [1.29, 1.82) is 0 Å². The van der Waals surface area contributed by atoms with Crippen LogP contribution in [0.5, 0.6) is 0 Å². The van der Waals surface area contributed by atoms with E-state index in [2.05, 4.69) is 287 Å². The molecule has 12 aromatic rings. The summed E-state index contributed by atoms with van der Waals surface area (Å²) in [5.41, 5.74) is 23.3. The number of nitrogens with zero attached hydrogens (tertiary/aromatic N) is 3. The lowest BCUT2D eigenvalue weighted by molar-refractivity contribution is 0.590. The van der Waals surface area contributed by atoms with Crippen molar-refractivity contribution in [3.8, 4) is 39.1 Å². The summed E-state index contributed by atoms with van der Waals surface area (Å²) in [5, 5.41) is 10.3. The lowest BCUT2D eigenvalue weighted by Crippen LogP contribution is -2.60. The van der Waals surface area contributed by atoms with Crippen molar-refractivity contribution in [1.82, 2.24) is 9.55 Å². The first-order valence-electron chi connectivity index (χ1n) is 28.5. The normalized spacial score (nSPS) is 13.5. The second-order valence-electron chi connectivity index (χ2n) is 26.8. The Hall–Kier alpha value is -8.21. The van der Waals surface area contributed by atoms with Gasteiger partial charge in [0.25, 0.3) is 6.71 Å². The highest BCUT2D eigenvalue weighted by molar-refractivity contribution is 7.00. The Bertz CT molecular complexity index is 4380. The van der Waals surface area contributed by atoms with Gasteiger partial charge >= 0.3 is 0 Å². The minimum absolute atomic E-state index is 0.000777. The van der Waals surface area contributed by atoms with Gasteiger partial charge in [-0.15, -0.1) is 0 Å². The average Bonchev–Trinajstić information content (AvgIpc) is 3.90. The highest BCUT2D eigenvalue weighted by Crippen LogP contribution is 2.50. The number of para-hydroxylation sites is 1. The summed E-state index contributed by atoms with van der Waals surface area (Å²) in [7, 11) is 0. The topological polar surface area (TPSA) is 21.1 Å². The summed E-state index contributed by atoms with van der Waals surface area (Å²) in [6, 6.07) is 70.4. The first-order chi connectivity index (χ1) is 37.7. The zero-order chi connectivity index (χ0) is 54.7. The van der Waals surface area contributed by atoms with Gasteiger partial charge in [-0.1, -0.05) is 229 Å². The zero-order valence-electron chi connectivity index (χ0n) is 47.9. The number of anilines is 3. The maximum absolute atomic E-state index is 5.12. The molecule has 386 valence electrons. The van der Waals surface area contributed by atoms with Crippen LogP contribution >= 0.6 is 0 Å². The molecule has 0 radical (unpaired) electrons. The SMILES string of the molecule is CC(C)(C)c1ccc(-c2cncc(-c3ccc(C(C)(C)C)cc3)c2-c2cc3c4c(c2)-n2c5ccc6c7ccccc7c7ccccc7c6c5c5cccc(c52)B4c2cc(C(C)(C)C)ccc2N3c2ccc(C(C)(C)C)cc2)cc1. The van der Waals surface area contributed by atoms with Crippen LogP contribution in [0.2, 0.25) is 0 Å². The second kappa shape index (κ2) is 17.1. The van der Waals surface area contributed by atoms with Crippen molar-refractivity contribution in [3.05, 3.63) is 217 Å². The highest BCUT2D eigenvalue weighted by atomic mass is 15.2. The summed E-state index contributed by atoms with van der Waals surface area (Å²) in [4.78, 5) is 7.71. The summed E-state index contributed by atoms with van der Waals surface area (Å²) in [5.74, 6) is 0. The predicted octanol–water partition coefficient (Wildman–Crippen LogP) is 18.4. The number of hydrogen-bond acceptors (Lipinski definition) is 2. The van der Waals surface area contributed by atoms with Crippen molar-refractivity contribution in [2.75, 3.05) is 4.90 Å². The van der Waals surface area contributed by atoms with Gasteiger partial charge in [0.1, 0.15) is 0 Å². The van der Waals surface area contributed by atoms with Gasteiger partial charge in [-0.2, -0.15) is 0 Å². The van der Waals surface area contributed by atoms with Gasteiger partial charge in [0.2, 0.25) is 0 Å². The average molecular weight is 1020 g/mol. The van der Waals surface area contributed by atoms with Crippen molar-refractivity contribution < 1.29 is 0 Å². The van der Waals surface area contributed by atoms with E-state index >= 15 is 0 Å². The number of hydrogen-bond donors (Lipinski definition) is 0. The fourth-order valence-electron chi connectivity index (χ4n) is 13.5. The largest absolute Gasteiger partial charge is 0.311 e. The Kier molecular flexibility index (Phi) is 10.7. The van der Waals surface area contributed by atoms with Gasteiger partial charge in [0.15, 0.2) is 0 Å². The minimum atomic E-state index is -0.0657. The molecule has 0 atom stereocenters. The molecule has 79 heavy (non-hydrogen) atoms. The van der Waals surface area contributed by atoms with Gasteiger partial charge in [0.05, 0.1) is 5.52 Å². The molecule has 4 heteroatoms. The van der Waals surface area contributed by atoms with E-state index in [0.717, 1.165) is 33.5 Å². The molecule has 0 bridgehead atoms. The maximum Gasteiger partial charge on any atom is 0.252 e. The molecule has 4 heterocycles. The Morgan fingerprint density at radius 2 is 0.848 bits per heavy atom. The quantitative estimate of drug-likeness (QED) is 0.129. The zero-order valence-corrected chi connectivity index (χ0v) is 47.9. The van der Waals surface area contributed by atoms with Crippen molar-refractivity contribution in [2.24, 2.45) is 0 Å². The lowest BCUT2D eigenvalue weighted by Gasteiger charge is -2.41. The Morgan fingerprint density at radius 1 is 0.367 bits per heavy atom. The van der Waals surface area contributed by atoms with Crippen LogP contribution in [0.1, 0.15) is 105 Å². The van der Waals surface area contributed by atoms with Crippen molar-refractivity contribution in [3.63, 3.8) is 0 Å². The molecule has 0 spiro atoms. The highest BCUT2D eigenvalue weighted by Gasteiger charge is 2.43. The molecule has 0 saturated heterocycles. The summed E-state index contributed by atoms with van der Waals surface area (Å²) in [6.07, 6.45) is 4.21. The number of benzene rings is 10. The van der Waals surface area contributed by atoms with Gasteiger partial charge in [-0.05, 0) is 140 Å². The van der Waals surface area contributed by atoms with Crippen LogP contribution in [0.25, 0.3) is 93.2 Å². The molecule has 2 aromatic heterocycles. The van der Waals surface area contributed by atoms with E-state index in [1.54, 1.807) is 0 Å². The molecular formula is C75H68BN3. The number of pyridine rings is 1. The number of rotatable bonds is 4. The van der Waals surface area contributed by atoms with E-state index in [-0.39, 0.29) is 28.4 Å². The molecule has 10 aromatic carbocycles. The second-order valence-corrected chi connectivity index (χ2v) is 26.8. The molecule has 0 fully saturated rings. The number of aromatic nitrogens is 2. The molecule has 2 aliphatic heterocycles. The maximum atomic E-state index is 5.12. The number of fused-ring (bicyclic) bond motifs is 14. The molecule has 0 aliphatic carbocycles. The molecule has 3 nitrogen and oxygen atoms in total. The first-order valence-corrected chi connectivity index (χ1v) is 28.5. The standard InChI is InChI=1S/C75H68BN3/c1-72(2,3)48-28-24-45(25-29-48)59-43-77-44-60(46-26-30-49(31-27-46)73(4,5)6)67(59)47-40-65-70-66(41-47)79-64-39-37-57-55-20-14-13-18-53(55)54-19-15-16-21-56(54)68(57)69(64)58-22-17-23-61(71(58)79)76(70)62-42-51(75(10,11)12)34-38-63(62)78(65)52-35-32-50(33-36-52)74(7,8)9/h13-44H,1-12H3. The van der Waals surface area contributed by atoms with Crippen molar-refractivity contribution in [2.45, 2.75) is 105 Å². The van der Waals surface area contributed by atoms with Crippen LogP contribution in [0.3, 0.4) is 0 Å². The fourth-order valence-corrected chi connectivity index (χ4v) is 13.5. The minimum Gasteiger partial charge on any atom is -0.311 e. The molecule has 14 rings (SSSR count). The third kappa shape index (κ3) is 7.57. The Balaban J connectivity index is 1.16. The smallest absolute Gasteiger partial charge is 0.252 e. The Labute approximate surface area is 466 Å². The van der Waals surface area contributed by atoms with E-state index < -0.39 is 0 Å². The summed E-state index contributed by atoms with van der Waals surface area (Å²) >= 11 is 0. The van der Waals surface area contributed by atoms with Gasteiger partial charge in [-0.25, -0.2) is 0 Å². The summed E-state index contributed by atoms with van der Waals surface area (Å²) < 4.78 is 2.67. The fraction of sp³-hybridized carbons (Fsp3) is 0.213. The molecule has 2 aliphatic rings. The summed E-state index contributed by atoms with van der Waals surface area (Å²) in [6.45, 7) is 27.7. The van der Waals surface area contributed by atoms with Crippen molar-refractivity contribution >= 4 is 94.3 Å². The Morgan fingerprint density at radius 3 is 1.41 bits per heavy atom. The molecular weight excluding hydrogens is 954 g/mol. The molecule has 0 saturated carbocycles. The molecule has 0 amide bonds. The first kappa shape index (κ1) is 49.1. The van der Waals surface area contributed by atoms with Gasteiger partial charge in [0, 0.05) is 73.5 Å². The third-order valence-corrected chi connectivity index (χ3v) is 17.7. The monoisotopic (exact) mass is 1020 g/mol. The van der Waals surface area contributed by atoms with Gasteiger partial charge in [-0.3, -0.25) is 4.98 Å².